The fourth-order valence-electron chi connectivity index (χ4n) is 2.00. The maximum atomic E-state index is 12.7. The number of carbonyl (C=O) groups is 4. The zero-order valence-electron chi connectivity index (χ0n) is 14.4. The van der Waals surface area contributed by atoms with Crippen LogP contribution in [0.3, 0.4) is 0 Å². The van der Waals surface area contributed by atoms with Crippen LogP contribution in [-0.4, -0.2) is 43.6 Å². The molecule has 0 atom stereocenters. The molecule has 0 aliphatic carbocycles. The molecular formula is C17H21NO7. The maximum Gasteiger partial charge on any atom is 0.411 e. The number of nitrogens with one attached hydrogen (secondary N) is 1. The summed E-state index contributed by atoms with van der Waals surface area (Å²) >= 11 is 0. The first kappa shape index (κ1) is 20.1. The van der Waals surface area contributed by atoms with Gasteiger partial charge in [0.2, 0.25) is 5.92 Å². The van der Waals surface area contributed by atoms with Gasteiger partial charge >= 0.3 is 18.0 Å². The Labute approximate surface area is 145 Å². The van der Waals surface area contributed by atoms with E-state index in [4.69, 9.17) is 14.2 Å². The van der Waals surface area contributed by atoms with Gasteiger partial charge in [-0.15, -0.1) is 0 Å². The molecule has 136 valence electrons. The van der Waals surface area contributed by atoms with Crippen LogP contribution in [0.5, 0.6) is 0 Å². The van der Waals surface area contributed by atoms with Crippen LogP contribution >= 0.6 is 0 Å². The average Bonchev–Trinajstić information content (AvgIpc) is 2.56. The second-order valence-electron chi connectivity index (χ2n) is 4.69. The van der Waals surface area contributed by atoms with E-state index in [9.17, 15) is 19.2 Å². The quantitative estimate of drug-likeness (QED) is 0.331. The number of rotatable bonds is 8. The highest BCUT2D eigenvalue weighted by molar-refractivity contribution is 6.22. The van der Waals surface area contributed by atoms with Crippen LogP contribution in [0.4, 0.5) is 10.5 Å². The Hall–Kier alpha value is -2.90. The second-order valence-corrected chi connectivity index (χ2v) is 4.69. The lowest BCUT2D eigenvalue weighted by atomic mass is 9.96. The predicted octanol–water partition coefficient (Wildman–Crippen LogP) is 2.18. The molecule has 0 bridgehead atoms. The standard InChI is InChI=1S/C17H21NO7/c1-4-23-15(20)13(16(21)24-5-2)14(19)11-9-7-8-10-12(11)18-17(22)25-6-3/h7-10,13H,4-6H2,1-3H3,(H,18,22). The van der Waals surface area contributed by atoms with E-state index in [2.05, 4.69) is 5.32 Å². The summed E-state index contributed by atoms with van der Waals surface area (Å²) in [6.45, 7) is 4.90. The van der Waals surface area contributed by atoms with Gasteiger partial charge in [-0.05, 0) is 32.9 Å². The molecule has 0 aromatic heterocycles. The monoisotopic (exact) mass is 351 g/mol. The molecule has 1 rings (SSSR count). The third-order valence-electron chi connectivity index (χ3n) is 3.01. The van der Waals surface area contributed by atoms with Crippen molar-refractivity contribution in [3.63, 3.8) is 0 Å². The molecule has 0 aliphatic rings. The molecule has 0 spiro atoms. The zero-order valence-corrected chi connectivity index (χ0v) is 14.4. The Morgan fingerprint density at radius 3 is 1.92 bits per heavy atom. The fourth-order valence-corrected chi connectivity index (χ4v) is 2.00. The van der Waals surface area contributed by atoms with Gasteiger partial charge in [0, 0.05) is 5.56 Å². The van der Waals surface area contributed by atoms with E-state index in [1.165, 1.54) is 18.2 Å². The first-order valence-electron chi connectivity index (χ1n) is 7.86. The van der Waals surface area contributed by atoms with Crippen molar-refractivity contribution in [3.8, 4) is 0 Å². The largest absolute Gasteiger partial charge is 0.465 e. The molecule has 1 amide bonds. The normalized spacial score (nSPS) is 10.1. The summed E-state index contributed by atoms with van der Waals surface area (Å²) in [7, 11) is 0. The SMILES string of the molecule is CCOC(=O)Nc1ccccc1C(=O)C(C(=O)OCC)C(=O)OCC. The minimum absolute atomic E-state index is 0.00470. The summed E-state index contributed by atoms with van der Waals surface area (Å²) < 4.78 is 14.4. The molecule has 1 N–H and O–H groups in total. The molecule has 8 heteroatoms. The number of Topliss-reactive ketones (excluding diaryl/α,β-unsaturated/α-hetero) is 1. The van der Waals surface area contributed by atoms with Gasteiger partial charge in [-0.2, -0.15) is 0 Å². The van der Waals surface area contributed by atoms with Crippen LogP contribution in [0.25, 0.3) is 0 Å². The summed E-state index contributed by atoms with van der Waals surface area (Å²) in [6, 6.07) is 5.96. The third kappa shape index (κ3) is 5.59. The molecule has 0 unspecified atom stereocenters. The fraction of sp³-hybridized carbons (Fsp3) is 0.412. The topological polar surface area (TPSA) is 108 Å². The summed E-state index contributed by atoms with van der Waals surface area (Å²) in [5.74, 6) is -4.59. The van der Waals surface area contributed by atoms with Gasteiger partial charge in [-0.1, -0.05) is 12.1 Å². The van der Waals surface area contributed by atoms with Gasteiger partial charge in [0.25, 0.3) is 0 Å². The number of hydrogen-bond acceptors (Lipinski definition) is 7. The highest BCUT2D eigenvalue weighted by Gasteiger charge is 2.38. The molecule has 0 heterocycles. The minimum Gasteiger partial charge on any atom is -0.465 e. The summed E-state index contributed by atoms with van der Waals surface area (Å²) in [5.41, 5.74) is 0.0891. The molecule has 25 heavy (non-hydrogen) atoms. The van der Waals surface area contributed by atoms with Crippen LogP contribution < -0.4 is 5.32 Å². The van der Waals surface area contributed by atoms with Crippen molar-refractivity contribution in [2.24, 2.45) is 5.92 Å². The number of amides is 1. The van der Waals surface area contributed by atoms with E-state index in [1.54, 1.807) is 26.8 Å². The smallest absolute Gasteiger partial charge is 0.411 e. The third-order valence-corrected chi connectivity index (χ3v) is 3.01. The number of esters is 2. The molecule has 0 saturated carbocycles. The molecule has 0 aliphatic heterocycles. The average molecular weight is 351 g/mol. The Bertz CT molecular complexity index is 624. The number of ether oxygens (including phenoxy) is 3. The van der Waals surface area contributed by atoms with Crippen LogP contribution in [0.15, 0.2) is 24.3 Å². The number of anilines is 1. The van der Waals surface area contributed by atoms with Crippen molar-refractivity contribution in [1.29, 1.82) is 0 Å². The Balaban J connectivity index is 3.17. The van der Waals surface area contributed by atoms with E-state index in [0.29, 0.717) is 0 Å². The van der Waals surface area contributed by atoms with E-state index in [0.717, 1.165) is 0 Å². The van der Waals surface area contributed by atoms with Gasteiger partial charge in [0.15, 0.2) is 5.78 Å². The molecule has 1 aromatic rings. The molecule has 1 aromatic carbocycles. The van der Waals surface area contributed by atoms with Crippen LogP contribution in [-0.2, 0) is 23.8 Å². The second kappa shape index (κ2) is 10.1. The van der Waals surface area contributed by atoms with Crippen molar-refractivity contribution in [2.75, 3.05) is 25.1 Å². The van der Waals surface area contributed by atoms with Gasteiger partial charge in [-0.3, -0.25) is 19.7 Å². The summed E-state index contributed by atoms with van der Waals surface area (Å²) in [5, 5.41) is 2.40. The van der Waals surface area contributed by atoms with Crippen LogP contribution in [0.1, 0.15) is 31.1 Å². The van der Waals surface area contributed by atoms with E-state index in [-0.39, 0.29) is 31.1 Å². The highest BCUT2D eigenvalue weighted by atomic mass is 16.6. The molecule has 0 radical (unpaired) electrons. The van der Waals surface area contributed by atoms with E-state index >= 15 is 0 Å². The van der Waals surface area contributed by atoms with Crippen molar-refractivity contribution in [2.45, 2.75) is 20.8 Å². The van der Waals surface area contributed by atoms with Crippen LogP contribution in [0.2, 0.25) is 0 Å². The van der Waals surface area contributed by atoms with Crippen molar-refractivity contribution in [1.82, 2.24) is 0 Å². The van der Waals surface area contributed by atoms with Gasteiger partial charge < -0.3 is 14.2 Å². The van der Waals surface area contributed by atoms with Gasteiger partial charge in [0.05, 0.1) is 25.5 Å². The highest BCUT2D eigenvalue weighted by Crippen LogP contribution is 2.21. The number of carbonyl (C=O) groups excluding carboxylic acids is 4. The Morgan fingerprint density at radius 2 is 1.40 bits per heavy atom. The van der Waals surface area contributed by atoms with Crippen molar-refractivity contribution in [3.05, 3.63) is 29.8 Å². The Morgan fingerprint density at radius 1 is 0.880 bits per heavy atom. The Kier molecular flexibility index (Phi) is 8.11. The number of ketones is 1. The van der Waals surface area contributed by atoms with E-state index in [1.807, 2.05) is 0 Å². The molecular weight excluding hydrogens is 330 g/mol. The zero-order chi connectivity index (χ0) is 18.8. The summed E-state index contributed by atoms with van der Waals surface area (Å²) in [6.07, 6.45) is -0.758. The number of benzene rings is 1. The lowest BCUT2D eigenvalue weighted by Crippen LogP contribution is -2.35. The lowest BCUT2D eigenvalue weighted by Gasteiger charge is -2.15. The molecule has 0 saturated heterocycles. The summed E-state index contributed by atoms with van der Waals surface area (Å²) in [4.78, 5) is 48.5. The van der Waals surface area contributed by atoms with Gasteiger partial charge in [-0.25, -0.2) is 4.79 Å². The first-order valence-corrected chi connectivity index (χ1v) is 7.86. The van der Waals surface area contributed by atoms with Crippen molar-refractivity contribution >= 4 is 29.5 Å². The molecule has 0 fully saturated rings. The number of para-hydroxylation sites is 1. The maximum absolute atomic E-state index is 12.7. The lowest BCUT2D eigenvalue weighted by molar-refractivity contribution is -0.158. The van der Waals surface area contributed by atoms with Gasteiger partial charge in [0.1, 0.15) is 0 Å². The number of hydrogen-bond donors (Lipinski definition) is 1. The van der Waals surface area contributed by atoms with E-state index < -0.39 is 29.7 Å². The van der Waals surface area contributed by atoms with Crippen molar-refractivity contribution < 1.29 is 33.4 Å². The predicted molar refractivity (Wildman–Crippen MR) is 88.2 cm³/mol. The first-order chi connectivity index (χ1) is 12.0. The van der Waals surface area contributed by atoms with Crippen LogP contribution in [0, 0.1) is 5.92 Å². The molecule has 8 nitrogen and oxygen atoms in total. The minimum atomic E-state index is -1.76.